The van der Waals surface area contributed by atoms with E-state index in [9.17, 15) is 15.0 Å². The summed E-state index contributed by atoms with van der Waals surface area (Å²) in [7, 11) is 0. The average Bonchev–Trinajstić information content (AvgIpc) is 2.94. The van der Waals surface area contributed by atoms with E-state index in [1.165, 1.54) is 0 Å². The lowest BCUT2D eigenvalue weighted by atomic mass is 10.1. The maximum atomic E-state index is 11.2. The van der Waals surface area contributed by atoms with Crippen LogP contribution in [0.3, 0.4) is 0 Å². The zero-order valence-corrected chi connectivity index (χ0v) is 10.6. The molecule has 1 saturated heterocycles. The van der Waals surface area contributed by atoms with Crippen LogP contribution in [-0.2, 0) is 4.74 Å². The molecule has 2 rings (SSSR count). The Labute approximate surface area is 114 Å². The second-order valence-electron chi connectivity index (χ2n) is 4.20. The Morgan fingerprint density at radius 1 is 1.50 bits per heavy atom. The van der Waals surface area contributed by atoms with Crippen molar-refractivity contribution in [3.8, 4) is 11.8 Å². The Morgan fingerprint density at radius 2 is 2.20 bits per heavy atom. The molecule has 0 spiro atoms. The molecule has 1 amide bonds. The normalized spacial score (nSPS) is 29.0. The first-order valence-electron chi connectivity index (χ1n) is 5.81. The predicted molar refractivity (Wildman–Crippen MR) is 64.1 cm³/mol. The molecule has 1 aliphatic rings. The molecule has 0 radical (unpaired) electrons. The van der Waals surface area contributed by atoms with E-state index in [1.54, 1.807) is 6.92 Å². The SMILES string of the molecule is CC#Cc1c(C(N)=O)nnn1[C@@H]1O[C@H](CO)[C@@H](O)[C@H]1O. The van der Waals surface area contributed by atoms with Gasteiger partial charge in [0, 0.05) is 0 Å². The quantitative estimate of drug-likeness (QED) is 0.443. The van der Waals surface area contributed by atoms with Crippen LogP contribution in [0.25, 0.3) is 0 Å². The molecule has 4 atom stereocenters. The van der Waals surface area contributed by atoms with E-state index in [0.29, 0.717) is 0 Å². The maximum absolute atomic E-state index is 11.2. The third kappa shape index (κ3) is 2.25. The summed E-state index contributed by atoms with van der Waals surface area (Å²) in [5.41, 5.74) is 5.08. The van der Waals surface area contributed by atoms with Gasteiger partial charge in [-0.15, -0.1) is 5.10 Å². The van der Waals surface area contributed by atoms with Gasteiger partial charge in [-0.3, -0.25) is 4.79 Å². The molecule has 1 fully saturated rings. The second-order valence-corrected chi connectivity index (χ2v) is 4.20. The number of hydrogen-bond acceptors (Lipinski definition) is 7. The summed E-state index contributed by atoms with van der Waals surface area (Å²) >= 11 is 0. The summed E-state index contributed by atoms with van der Waals surface area (Å²) in [5, 5.41) is 35.9. The fourth-order valence-electron chi connectivity index (χ4n) is 1.95. The van der Waals surface area contributed by atoms with Gasteiger partial charge < -0.3 is 25.8 Å². The van der Waals surface area contributed by atoms with E-state index >= 15 is 0 Å². The zero-order chi connectivity index (χ0) is 14.9. The number of nitrogens with two attached hydrogens (primary N) is 1. The number of carbonyl (C=O) groups excluding carboxylic acids is 1. The molecule has 1 aliphatic heterocycles. The number of hydrogen-bond donors (Lipinski definition) is 4. The summed E-state index contributed by atoms with van der Waals surface area (Å²) in [5.74, 6) is 4.36. The van der Waals surface area contributed by atoms with Gasteiger partial charge in [-0.2, -0.15) is 0 Å². The molecular weight excluding hydrogens is 268 g/mol. The minimum absolute atomic E-state index is 0.0786. The molecule has 5 N–H and O–H groups in total. The fourth-order valence-corrected chi connectivity index (χ4v) is 1.95. The highest BCUT2D eigenvalue weighted by molar-refractivity contribution is 5.92. The highest BCUT2D eigenvalue weighted by Crippen LogP contribution is 2.29. The number of amides is 1. The van der Waals surface area contributed by atoms with Crippen LogP contribution in [0, 0.1) is 11.8 Å². The lowest BCUT2D eigenvalue weighted by Gasteiger charge is -2.15. The van der Waals surface area contributed by atoms with Crippen LogP contribution in [0.1, 0.15) is 29.3 Å². The maximum Gasteiger partial charge on any atom is 0.272 e. The zero-order valence-electron chi connectivity index (χ0n) is 10.6. The lowest BCUT2D eigenvalue weighted by Crippen LogP contribution is -2.33. The van der Waals surface area contributed by atoms with Gasteiger partial charge in [0.2, 0.25) is 0 Å². The van der Waals surface area contributed by atoms with Gasteiger partial charge in [0.1, 0.15) is 24.0 Å². The smallest absolute Gasteiger partial charge is 0.272 e. The number of aliphatic hydroxyl groups excluding tert-OH is 3. The summed E-state index contributed by atoms with van der Waals surface area (Å²) in [6.45, 7) is 1.07. The Kier molecular flexibility index (Phi) is 4.01. The second kappa shape index (κ2) is 5.56. The molecule has 20 heavy (non-hydrogen) atoms. The molecule has 0 unspecified atom stereocenters. The van der Waals surface area contributed by atoms with Crippen molar-refractivity contribution in [1.29, 1.82) is 0 Å². The minimum Gasteiger partial charge on any atom is -0.394 e. The van der Waals surface area contributed by atoms with Gasteiger partial charge in [0.05, 0.1) is 6.61 Å². The summed E-state index contributed by atoms with van der Waals surface area (Å²) in [6, 6.07) is 0. The Morgan fingerprint density at radius 3 is 2.70 bits per heavy atom. The Hall–Kier alpha value is -1.99. The summed E-state index contributed by atoms with van der Waals surface area (Å²) in [4.78, 5) is 11.2. The van der Waals surface area contributed by atoms with Crippen molar-refractivity contribution >= 4 is 5.91 Å². The molecule has 9 nitrogen and oxygen atoms in total. The number of aliphatic hydroxyl groups is 3. The third-order valence-corrected chi connectivity index (χ3v) is 2.93. The van der Waals surface area contributed by atoms with Crippen LogP contribution in [-0.4, -0.2) is 61.1 Å². The van der Waals surface area contributed by atoms with Crippen LogP contribution in [0.2, 0.25) is 0 Å². The van der Waals surface area contributed by atoms with Crippen LogP contribution >= 0.6 is 0 Å². The van der Waals surface area contributed by atoms with Crippen molar-refractivity contribution in [1.82, 2.24) is 15.0 Å². The number of primary amides is 1. The molecule has 0 aliphatic carbocycles. The fraction of sp³-hybridized carbons (Fsp3) is 0.545. The van der Waals surface area contributed by atoms with Crippen molar-refractivity contribution in [2.45, 2.75) is 31.5 Å². The third-order valence-electron chi connectivity index (χ3n) is 2.93. The number of carbonyl (C=O) groups is 1. The molecule has 108 valence electrons. The lowest BCUT2D eigenvalue weighted by molar-refractivity contribution is -0.0597. The van der Waals surface area contributed by atoms with E-state index < -0.39 is 37.1 Å². The Balaban J connectivity index is 2.43. The molecule has 0 aromatic carbocycles. The number of rotatable bonds is 3. The summed E-state index contributed by atoms with van der Waals surface area (Å²) < 4.78 is 6.36. The molecule has 1 aromatic rings. The highest BCUT2D eigenvalue weighted by atomic mass is 16.6. The van der Waals surface area contributed by atoms with Crippen LogP contribution in [0.4, 0.5) is 0 Å². The van der Waals surface area contributed by atoms with Crippen LogP contribution < -0.4 is 5.73 Å². The van der Waals surface area contributed by atoms with E-state index in [-0.39, 0.29) is 11.4 Å². The number of aromatic nitrogens is 3. The van der Waals surface area contributed by atoms with Crippen LogP contribution in [0.5, 0.6) is 0 Å². The summed E-state index contributed by atoms with van der Waals surface area (Å²) in [6.07, 6.45) is -4.70. The van der Waals surface area contributed by atoms with Gasteiger partial charge in [0.25, 0.3) is 5.91 Å². The van der Waals surface area contributed by atoms with Gasteiger partial charge in [0.15, 0.2) is 11.9 Å². The van der Waals surface area contributed by atoms with Gasteiger partial charge in [-0.25, -0.2) is 4.68 Å². The number of nitrogens with zero attached hydrogens (tertiary/aromatic N) is 3. The molecule has 0 bridgehead atoms. The first kappa shape index (κ1) is 14.4. The molecular formula is C11H14N4O5. The monoisotopic (exact) mass is 282 g/mol. The van der Waals surface area contributed by atoms with E-state index in [2.05, 4.69) is 22.2 Å². The first-order valence-corrected chi connectivity index (χ1v) is 5.81. The van der Waals surface area contributed by atoms with Crippen molar-refractivity contribution in [3.63, 3.8) is 0 Å². The van der Waals surface area contributed by atoms with Gasteiger partial charge >= 0.3 is 0 Å². The van der Waals surface area contributed by atoms with E-state index in [1.807, 2.05) is 0 Å². The standard InChI is InChI=1S/C11H14N4O5/c1-2-3-5-7(10(12)19)13-14-15(5)11-9(18)8(17)6(4-16)20-11/h6,8-9,11,16-18H,4H2,1H3,(H2,12,19)/t6-,8-,9-,11-/m1/s1. The van der Waals surface area contributed by atoms with Crippen LogP contribution in [0.15, 0.2) is 0 Å². The van der Waals surface area contributed by atoms with E-state index in [0.717, 1.165) is 4.68 Å². The molecule has 9 heteroatoms. The van der Waals surface area contributed by atoms with Crippen molar-refractivity contribution in [3.05, 3.63) is 11.4 Å². The van der Waals surface area contributed by atoms with E-state index in [4.69, 9.17) is 15.6 Å². The molecule has 1 aromatic heterocycles. The largest absolute Gasteiger partial charge is 0.394 e. The predicted octanol–water partition coefficient (Wildman–Crippen LogP) is -2.64. The Bertz CT molecular complexity index is 575. The molecule has 0 saturated carbocycles. The van der Waals surface area contributed by atoms with Crippen molar-refractivity contribution < 1.29 is 24.9 Å². The topological polar surface area (TPSA) is 144 Å². The minimum atomic E-state index is -1.34. The average molecular weight is 282 g/mol. The van der Waals surface area contributed by atoms with Crippen molar-refractivity contribution in [2.24, 2.45) is 5.73 Å². The highest BCUT2D eigenvalue weighted by Gasteiger charge is 2.45. The van der Waals surface area contributed by atoms with Gasteiger partial charge in [-0.1, -0.05) is 11.1 Å². The molecule has 2 heterocycles. The van der Waals surface area contributed by atoms with Crippen molar-refractivity contribution in [2.75, 3.05) is 6.61 Å². The number of ether oxygens (including phenoxy) is 1. The first-order chi connectivity index (χ1) is 9.51. The van der Waals surface area contributed by atoms with Gasteiger partial charge in [-0.05, 0) is 12.8 Å².